The van der Waals surface area contributed by atoms with Crippen molar-refractivity contribution in [2.45, 2.75) is 19.4 Å². The van der Waals surface area contributed by atoms with Crippen LogP contribution in [0.15, 0.2) is 16.6 Å². The van der Waals surface area contributed by atoms with Crippen molar-refractivity contribution >= 4 is 27.9 Å². The summed E-state index contributed by atoms with van der Waals surface area (Å²) in [5.41, 5.74) is 2.32. The van der Waals surface area contributed by atoms with Gasteiger partial charge in [-0.3, -0.25) is 0 Å². The Morgan fingerprint density at radius 1 is 1.53 bits per heavy atom. The number of aryl methyl sites for hydroxylation is 1. The molecule has 0 bridgehead atoms. The van der Waals surface area contributed by atoms with E-state index in [1.807, 2.05) is 13.0 Å². The predicted octanol–water partition coefficient (Wildman–Crippen LogP) is 2.01. The van der Waals surface area contributed by atoms with Gasteiger partial charge in [0.25, 0.3) is 0 Å². The topological polar surface area (TPSA) is 52.6 Å². The van der Waals surface area contributed by atoms with Gasteiger partial charge in [0.15, 0.2) is 0 Å². The number of ether oxygens (including phenoxy) is 2. The zero-order chi connectivity index (χ0) is 12.6. The van der Waals surface area contributed by atoms with Crippen molar-refractivity contribution in [3.05, 3.63) is 33.3 Å². The van der Waals surface area contributed by atoms with Crippen LogP contribution in [0.3, 0.4) is 0 Å². The monoisotopic (exact) mass is 298 g/mol. The number of cyclic esters (lactones) is 1. The highest BCUT2D eigenvalue weighted by Crippen LogP contribution is 2.27. The van der Waals surface area contributed by atoms with Gasteiger partial charge in [-0.15, -0.1) is 0 Å². The number of esters is 2. The molecular formula is C12H11BrO4. The fourth-order valence-corrected chi connectivity index (χ4v) is 2.48. The Kier molecular flexibility index (Phi) is 3.19. The van der Waals surface area contributed by atoms with E-state index in [2.05, 4.69) is 20.7 Å². The molecule has 0 N–H and O–H groups in total. The first kappa shape index (κ1) is 12.1. The van der Waals surface area contributed by atoms with Crippen LogP contribution in [-0.2, 0) is 20.7 Å². The van der Waals surface area contributed by atoms with Gasteiger partial charge in [0.2, 0.25) is 6.10 Å². The van der Waals surface area contributed by atoms with Crippen LogP contribution in [-0.4, -0.2) is 25.2 Å². The first-order valence-corrected chi connectivity index (χ1v) is 5.90. The second-order valence-corrected chi connectivity index (χ2v) is 4.79. The highest BCUT2D eigenvalue weighted by Gasteiger charge is 2.33. The molecule has 5 heteroatoms. The highest BCUT2D eigenvalue weighted by atomic mass is 79.9. The number of hydrogen-bond donors (Lipinski definition) is 0. The SMILES string of the molecule is COC(=O)C1Cc2c(C)cc(Br)cc2C(=O)O1. The fraction of sp³-hybridized carbons (Fsp3) is 0.333. The zero-order valence-electron chi connectivity index (χ0n) is 9.45. The van der Waals surface area contributed by atoms with E-state index in [1.54, 1.807) is 6.07 Å². The van der Waals surface area contributed by atoms with E-state index in [0.717, 1.165) is 15.6 Å². The average molecular weight is 299 g/mol. The van der Waals surface area contributed by atoms with Crippen LogP contribution in [0.25, 0.3) is 0 Å². The number of carbonyl (C=O) groups is 2. The minimum atomic E-state index is -0.833. The van der Waals surface area contributed by atoms with Gasteiger partial charge in [0.05, 0.1) is 12.7 Å². The molecule has 1 aromatic carbocycles. The molecule has 1 unspecified atom stereocenters. The smallest absolute Gasteiger partial charge is 0.347 e. The second kappa shape index (κ2) is 4.49. The third-order valence-corrected chi connectivity index (χ3v) is 3.22. The van der Waals surface area contributed by atoms with E-state index in [1.165, 1.54) is 7.11 Å². The van der Waals surface area contributed by atoms with Crippen molar-refractivity contribution in [1.82, 2.24) is 0 Å². The van der Waals surface area contributed by atoms with E-state index in [4.69, 9.17) is 4.74 Å². The molecule has 0 radical (unpaired) electrons. The second-order valence-electron chi connectivity index (χ2n) is 3.87. The molecule has 1 aliphatic heterocycles. The molecular weight excluding hydrogens is 288 g/mol. The Bertz CT molecular complexity index is 496. The zero-order valence-corrected chi connectivity index (χ0v) is 11.0. The summed E-state index contributed by atoms with van der Waals surface area (Å²) in [5, 5.41) is 0. The predicted molar refractivity (Wildman–Crippen MR) is 63.8 cm³/mol. The first-order valence-electron chi connectivity index (χ1n) is 5.10. The number of hydrogen-bond acceptors (Lipinski definition) is 4. The minimum Gasteiger partial charge on any atom is -0.466 e. The lowest BCUT2D eigenvalue weighted by atomic mass is 9.94. The van der Waals surface area contributed by atoms with E-state index in [0.29, 0.717) is 12.0 Å². The number of rotatable bonds is 1. The summed E-state index contributed by atoms with van der Waals surface area (Å²) < 4.78 is 10.5. The van der Waals surface area contributed by atoms with Crippen molar-refractivity contribution in [3.8, 4) is 0 Å². The summed E-state index contributed by atoms with van der Waals surface area (Å²) in [6.07, 6.45) is -0.466. The molecule has 0 spiro atoms. The van der Waals surface area contributed by atoms with E-state index >= 15 is 0 Å². The molecule has 0 aliphatic carbocycles. The van der Waals surface area contributed by atoms with Gasteiger partial charge in [-0.05, 0) is 30.2 Å². The van der Waals surface area contributed by atoms with Crippen molar-refractivity contribution in [1.29, 1.82) is 0 Å². The molecule has 0 aromatic heterocycles. The van der Waals surface area contributed by atoms with Crippen LogP contribution in [0.5, 0.6) is 0 Å². The molecule has 1 aliphatic rings. The Morgan fingerprint density at radius 2 is 2.24 bits per heavy atom. The van der Waals surface area contributed by atoms with E-state index < -0.39 is 18.0 Å². The molecule has 0 fully saturated rings. The van der Waals surface area contributed by atoms with Crippen molar-refractivity contribution in [3.63, 3.8) is 0 Å². The van der Waals surface area contributed by atoms with Gasteiger partial charge >= 0.3 is 11.9 Å². The summed E-state index contributed by atoms with van der Waals surface area (Å²) in [5.74, 6) is -1.00. The lowest BCUT2D eigenvalue weighted by Crippen LogP contribution is -2.35. The third-order valence-electron chi connectivity index (χ3n) is 2.76. The lowest BCUT2D eigenvalue weighted by molar-refractivity contribution is -0.151. The average Bonchev–Trinajstić information content (AvgIpc) is 2.29. The lowest BCUT2D eigenvalue weighted by Gasteiger charge is -2.24. The Balaban J connectivity index is 2.43. The molecule has 4 nitrogen and oxygen atoms in total. The molecule has 1 heterocycles. The van der Waals surface area contributed by atoms with Gasteiger partial charge in [0, 0.05) is 10.9 Å². The fourth-order valence-electron chi connectivity index (χ4n) is 1.91. The van der Waals surface area contributed by atoms with Gasteiger partial charge in [-0.1, -0.05) is 15.9 Å². The molecule has 0 amide bonds. The van der Waals surface area contributed by atoms with Crippen molar-refractivity contribution in [2.24, 2.45) is 0 Å². The van der Waals surface area contributed by atoms with Crippen LogP contribution in [0.4, 0.5) is 0 Å². The first-order chi connectivity index (χ1) is 8.02. The Hall–Kier alpha value is -1.36. The molecule has 2 rings (SSSR count). The van der Waals surface area contributed by atoms with Gasteiger partial charge in [-0.2, -0.15) is 0 Å². The van der Waals surface area contributed by atoms with Crippen LogP contribution >= 0.6 is 15.9 Å². The molecule has 17 heavy (non-hydrogen) atoms. The summed E-state index contributed by atoms with van der Waals surface area (Å²) in [6.45, 7) is 1.90. The Morgan fingerprint density at radius 3 is 2.88 bits per heavy atom. The van der Waals surface area contributed by atoms with Gasteiger partial charge in [0.1, 0.15) is 0 Å². The van der Waals surface area contributed by atoms with Crippen molar-refractivity contribution in [2.75, 3.05) is 7.11 Å². The van der Waals surface area contributed by atoms with E-state index in [-0.39, 0.29) is 0 Å². The maximum Gasteiger partial charge on any atom is 0.347 e. The number of benzene rings is 1. The number of fused-ring (bicyclic) bond motifs is 1. The Labute approximate surface area is 107 Å². The largest absolute Gasteiger partial charge is 0.466 e. The van der Waals surface area contributed by atoms with Crippen LogP contribution < -0.4 is 0 Å². The standard InChI is InChI=1S/C12H11BrO4/c1-6-3-7(13)4-9-8(6)5-10(12(15)16-2)17-11(9)14/h3-4,10H,5H2,1-2H3. The summed E-state index contributed by atoms with van der Waals surface area (Å²) in [4.78, 5) is 23.2. The normalized spacial score (nSPS) is 18.3. The summed E-state index contributed by atoms with van der Waals surface area (Å²) in [6, 6.07) is 3.62. The number of halogens is 1. The maximum atomic E-state index is 11.8. The van der Waals surface area contributed by atoms with E-state index in [9.17, 15) is 9.59 Å². The third kappa shape index (κ3) is 2.20. The van der Waals surface area contributed by atoms with Crippen molar-refractivity contribution < 1.29 is 19.1 Å². The quantitative estimate of drug-likeness (QED) is 0.744. The van der Waals surface area contributed by atoms with Crippen LogP contribution in [0.2, 0.25) is 0 Å². The van der Waals surface area contributed by atoms with Crippen LogP contribution in [0.1, 0.15) is 21.5 Å². The van der Waals surface area contributed by atoms with Gasteiger partial charge in [-0.25, -0.2) is 9.59 Å². The minimum absolute atomic E-state index is 0.368. The maximum absolute atomic E-state index is 11.8. The molecule has 0 saturated carbocycles. The molecule has 1 aromatic rings. The number of carbonyl (C=O) groups excluding carboxylic acids is 2. The summed E-state index contributed by atoms with van der Waals surface area (Å²) >= 11 is 3.33. The number of methoxy groups -OCH3 is 1. The molecule has 0 saturated heterocycles. The highest BCUT2D eigenvalue weighted by molar-refractivity contribution is 9.10. The summed E-state index contributed by atoms with van der Waals surface area (Å²) in [7, 11) is 1.28. The van der Waals surface area contributed by atoms with Gasteiger partial charge < -0.3 is 9.47 Å². The van der Waals surface area contributed by atoms with Crippen LogP contribution in [0, 0.1) is 6.92 Å². The molecule has 1 atom stereocenters. The molecule has 90 valence electrons.